The summed E-state index contributed by atoms with van der Waals surface area (Å²) in [6.07, 6.45) is -4.43. The first-order valence-electron chi connectivity index (χ1n) is 8.67. The molecule has 0 spiro atoms. The molecule has 5 nitrogen and oxygen atoms in total. The fourth-order valence-electron chi connectivity index (χ4n) is 2.43. The van der Waals surface area contributed by atoms with Crippen LogP contribution in [0.4, 0.5) is 13.2 Å². The van der Waals surface area contributed by atoms with Gasteiger partial charge >= 0.3 is 12.1 Å². The van der Waals surface area contributed by atoms with Gasteiger partial charge in [0.05, 0.1) is 12.7 Å². The molecular formula is C21H20F3NO4. The quantitative estimate of drug-likeness (QED) is 0.430. The first kappa shape index (κ1) is 22.0. The van der Waals surface area contributed by atoms with Crippen LogP contribution in [0.3, 0.4) is 0 Å². The zero-order chi connectivity index (χ0) is 21.4. The summed E-state index contributed by atoms with van der Waals surface area (Å²) in [6.45, 7) is -0.300. The van der Waals surface area contributed by atoms with E-state index in [4.69, 9.17) is 9.47 Å². The van der Waals surface area contributed by atoms with Gasteiger partial charge in [-0.1, -0.05) is 48.5 Å². The van der Waals surface area contributed by atoms with Crippen LogP contribution in [0.25, 0.3) is 11.6 Å². The first-order chi connectivity index (χ1) is 13.7. The summed E-state index contributed by atoms with van der Waals surface area (Å²) in [5, 5.41) is 1.69. The highest BCUT2D eigenvalue weighted by molar-refractivity contribution is 6.22. The van der Waals surface area contributed by atoms with Crippen molar-refractivity contribution in [2.45, 2.75) is 19.2 Å². The number of amides is 1. The number of para-hydroxylation sites is 1. The van der Waals surface area contributed by atoms with Crippen LogP contribution in [0.1, 0.15) is 18.1 Å². The number of halogens is 3. The standard InChI is InChI=1S/C21H20F3NO4/c1-14(19(26)25-13-21(22,23)24)29-20(27)17(15-8-4-3-5-9-15)12-16-10-6-7-11-18(16)28-2/h3-12,14H,13H2,1-2H3,(H,25,26)/b17-12+/t14-/m1/s1. The van der Waals surface area contributed by atoms with E-state index in [1.807, 2.05) is 0 Å². The summed E-state index contributed by atoms with van der Waals surface area (Å²) >= 11 is 0. The van der Waals surface area contributed by atoms with E-state index in [2.05, 4.69) is 0 Å². The van der Waals surface area contributed by atoms with Gasteiger partial charge in [-0.3, -0.25) is 4.79 Å². The Hall–Kier alpha value is -3.29. The molecule has 0 saturated heterocycles. The number of methoxy groups -OCH3 is 1. The number of nitrogens with one attached hydrogen (secondary N) is 1. The third-order valence-corrected chi connectivity index (χ3v) is 3.86. The predicted molar refractivity (Wildman–Crippen MR) is 102 cm³/mol. The minimum absolute atomic E-state index is 0.130. The van der Waals surface area contributed by atoms with Crippen molar-refractivity contribution in [1.82, 2.24) is 5.32 Å². The fraction of sp³-hybridized carbons (Fsp3) is 0.238. The SMILES string of the molecule is COc1ccccc1/C=C(/C(=O)O[C@H](C)C(=O)NCC(F)(F)F)c1ccccc1. The van der Waals surface area contributed by atoms with E-state index in [0.29, 0.717) is 16.9 Å². The Morgan fingerprint density at radius 1 is 1.07 bits per heavy atom. The maximum absolute atomic E-state index is 12.7. The van der Waals surface area contributed by atoms with E-state index in [9.17, 15) is 22.8 Å². The third kappa shape index (κ3) is 6.67. The van der Waals surface area contributed by atoms with Crippen molar-refractivity contribution in [3.8, 4) is 5.75 Å². The Morgan fingerprint density at radius 2 is 1.69 bits per heavy atom. The average molecular weight is 407 g/mol. The molecular weight excluding hydrogens is 387 g/mol. The lowest BCUT2D eigenvalue weighted by atomic mass is 10.0. The summed E-state index contributed by atoms with van der Waals surface area (Å²) in [6, 6.07) is 15.5. The van der Waals surface area contributed by atoms with Gasteiger partial charge in [-0.2, -0.15) is 13.2 Å². The van der Waals surface area contributed by atoms with Crippen LogP contribution in [0.5, 0.6) is 5.75 Å². The summed E-state index contributed by atoms with van der Waals surface area (Å²) in [7, 11) is 1.49. The summed E-state index contributed by atoms with van der Waals surface area (Å²) in [5.41, 5.74) is 1.25. The van der Waals surface area contributed by atoms with E-state index in [1.54, 1.807) is 59.9 Å². The van der Waals surface area contributed by atoms with E-state index < -0.39 is 30.7 Å². The Labute approximate surface area is 166 Å². The smallest absolute Gasteiger partial charge is 0.405 e. The van der Waals surface area contributed by atoms with Crippen LogP contribution in [-0.4, -0.2) is 37.8 Å². The van der Waals surface area contributed by atoms with Gasteiger partial charge in [0.1, 0.15) is 12.3 Å². The maximum atomic E-state index is 12.7. The van der Waals surface area contributed by atoms with Crippen molar-refractivity contribution >= 4 is 23.5 Å². The normalized spacial score (nSPS) is 12.8. The molecule has 8 heteroatoms. The molecule has 0 aliphatic heterocycles. The molecule has 2 aromatic rings. The molecule has 1 atom stereocenters. The van der Waals surface area contributed by atoms with E-state index in [0.717, 1.165) is 0 Å². The summed E-state index contributed by atoms with van der Waals surface area (Å²) in [4.78, 5) is 24.5. The highest BCUT2D eigenvalue weighted by Crippen LogP contribution is 2.26. The number of benzene rings is 2. The van der Waals surface area contributed by atoms with Gasteiger partial charge in [-0.15, -0.1) is 0 Å². The Balaban J connectivity index is 2.27. The van der Waals surface area contributed by atoms with E-state index >= 15 is 0 Å². The number of carbonyl (C=O) groups excluding carboxylic acids is 2. The molecule has 0 aromatic heterocycles. The molecule has 0 fully saturated rings. The lowest BCUT2D eigenvalue weighted by molar-refractivity contribution is -0.153. The van der Waals surface area contributed by atoms with Gasteiger partial charge in [-0.25, -0.2) is 4.79 Å². The second-order valence-electron chi connectivity index (χ2n) is 6.05. The van der Waals surface area contributed by atoms with E-state index in [-0.39, 0.29) is 5.57 Å². The minimum Gasteiger partial charge on any atom is -0.496 e. The van der Waals surface area contributed by atoms with Gasteiger partial charge in [0.2, 0.25) is 0 Å². The van der Waals surface area contributed by atoms with Gasteiger partial charge in [0.25, 0.3) is 5.91 Å². The zero-order valence-electron chi connectivity index (χ0n) is 15.8. The van der Waals surface area contributed by atoms with Crippen LogP contribution < -0.4 is 10.1 Å². The Morgan fingerprint density at radius 3 is 2.31 bits per heavy atom. The lowest BCUT2D eigenvalue weighted by Gasteiger charge is -2.16. The van der Waals surface area contributed by atoms with Crippen LogP contribution in [-0.2, 0) is 14.3 Å². The fourth-order valence-corrected chi connectivity index (χ4v) is 2.43. The number of rotatable bonds is 7. The van der Waals surface area contributed by atoms with Crippen LogP contribution in [0.15, 0.2) is 54.6 Å². The monoisotopic (exact) mass is 407 g/mol. The molecule has 2 rings (SSSR count). The van der Waals surface area contributed by atoms with Crippen molar-refractivity contribution in [1.29, 1.82) is 0 Å². The van der Waals surface area contributed by atoms with Crippen molar-refractivity contribution in [2.75, 3.05) is 13.7 Å². The third-order valence-electron chi connectivity index (χ3n) is 3.86. The second kappa shape index (κ2) is 9.77. The van der Waals surface area contributed by atoms with Crippen molar-refractivity contribution in [3.05, 3.63) is 65.7 Å². The molecule has 0 aliphatic carbocycles. The summed E-state index contributed by atoms with van der Waals surface area (Å²) < 4.78 is 47.2. The van der Waals surface area contributed by atoms with Gasteiger partial charge in [0.15, 0.2) is 6.10 Å². The molecule has 1 N–H and O–H groups in total. The number of hydrogen-bond donors (Lipinski definition) is 1. The number of esters is 1. The maximum Gasteiger partial charge on any atom is 0.405 e. The number of carbonyl (C=O) groups is 2. The predicted octanol–water partition coefficient (Wildman–Crippen LogP) is 3.85. The molecule has 0 bridgehead atoms. The topological polar surface area (TPSA) is 64.6 Å². The number of hydrogen-bond acceptors (Lipinski definition) is 4. The van der Waals surface area contributed by atoms with Gasteiger partial charge in [0, 0.05) is 5.56 Å². The number of ether oxygens (including phenoxy) is 2. The zero-order valence-corrected chi connectivity index (χ0v) is 15.8. The molecule has 0 radical (unpaired) electrons. The van der Waals surface area contributed by atoms with E-state index in [1.165, 1.54) is 20.1 Å². The molecule has 154 valence electrons. The van der Waals surface area contributed by atoms with Crippen molar-refractivity contribution in [2.24, 2.45) is 0 Å². The largest absolute Gasteiger partial charge is 0.496 e. The highest BCUT2D eigenvalue weighted by Gasteiger charge is 2.30. The van der Waals surface area contributed by atoms with Crippen molar-refractivity contribution < 1.29 is 32.2 Å². The van der Waals surface area contributed by atoms with Crippen molar-refractivity contribution in [3.63, 3.8) is 0 Å². The average Bonchev–Trinajstić information content (AvgIpc) is 2.70. The van der Waals surface area contributed by atoms with Gasteiger partial charge < -0.3 is 14.8 Å². The molecule has 0 saturated carbocycles. The molecule has 0 heterocycles. The second-order valence-corrected chi connectivity index (χ2v) is 6.05. The molecule has 1 amide bonds. The molecule has 0 aliphatic rings. The highest BCUT2D eigenvalue weighted by atomic mass is 19.4. The summed E-state index contributed by atoms with van der Waals surface area (Å²) in [5.74, 6) is -1.37. The Bertz CT molecular complexity index is 879. The number of alkyl halides is 3. The molecule has 0 unspecified atom stereocenters. The lowest BCUT2D eigenvalue weighted by Crippen LogP contribution is -2.40. The van der Waals surface area contributed by atoms with Crippen LogP contribution in [0, 0.1) is 0 Å². The minimum atomic E-state index is -4.56. The molecule has 29 heavy (non-hydrogen) atoms. The Kier molecular flexibility index (Phi) is 7.41. The molecule has 2 aromatic carbocycles. The van der Waals surface area contributed by atoms with Crippen LogP contribution >= 0.6 is 0 Å². The van der Waals surface area contributed by atoms with Gasteiger partial charge in [-0.05, 0) is 24.6 Å². The first-order valence-corrected chi connectivity index (χ1v) is 8.67. The van der Waals surface area contributed by atoms with Crippen LogP contribution in [0.2, 0.25) is 0 Å².